The van der Waals surface area contributed by atoms with E-state index in [0.717, 1.165) is 5.39 Å². The van der Waals surface area contributed by atoms with Gasteiger partial charge in [-0.1, -0.05) is 16.0 Å². The first-order valence-electron chi connectivity index (χ1n) is 5.20. The van der Waals surface area contributed by atoms with Gasteiger partial charge in [0, 0.05) is 6.92 Å². The van der Waals surface area contributed by atoms with Crippen molar-refractivity contribution in [1.29, 1.82) is 0 Å². The highest BCUT2D eigenvalue weighted by Crippen LogP contribution is 2.26. The topological polar surface area (TPSA) is 69.7 Å². The molecule has 0 saturated carbocycles. The number of esters is 1. The molecule has 0 radical (unpaired) electrons. The van der Waals surface area contributed by atoms with Crippen molar-refractivity contribution in [3.63, 3.8) is 0 Å². The van der Waals surface area contributed by atoms with Crippen molar-refractivity contribution >= 4 is 27.2 Å². The first-order valence-corrected chi connectivity index (χ1v) is 6.51. The van der Waals surface area contributed by atoms with Gasteiger partial charge in [0.15, 0.2) is 0 Å². The number of carbonyl (C=O) groups excluding carboxylic acids is 1. The molecule has 0 unspecified atom stereocenters. The Bertz CT molecular complexity index is 739. The summed E-state index contributed by atoms with van der Waals surface area (Å²) in [5.74, 6) is -0.326. The van der Waals surface area contributed by atoms with E-state index in [1.165, 1.54) is 25.1 Å². The van der Waals surface area contributed by atoms with Gasteiger partial charge in [-0.2, -0.15) is 8.42 Å². The lowest BCUT2D eigenvalue weighted by atomic mass is 10.1. The largest absolute Gasteiger partial charge is 0.488 e. The van der Waals surface area contributed by atoms with E-state index in [2.05, 4.69) is 4.18 Å². The van der Waals surface area contributed by atoms with Crippen LogP contribution < -0.4 is 8.92 Å². The maximum atomic E-state index is 12.4. The van der Waals surface area contributed by atoms with Crippen molar-refractivity contribution < 1.29 is 26.0 Å². The molecule has 0 aliphatic carbocycles. The molecule has 5 nitrogen and oxygen atoms in total. The number of rotatable bonds is 3. The Morgan fingerprint density at radius 1 is 1.05 bits per heavy atom. The highest BCUT2D eigenvalue weighted by molar-refractivity contribution is 7.81. The summed E-state index contributed by atoms with van der Waals surface area (Å²) in [4.78, 5) is 10.8. The Kier molecular flexibility index (Phi) is 3.39. The lowest BCUT2D eigenvalue weighted by Crippen LogP contribution is -2.01. The second kappa shape index (κ2) is 4.85. The zero-order valence-electron chi connectivity index (χ0n) is 9.79. The first kappa shape index (κ1) is 13.3. The number of carbonyl (C=O) groups is 1. The SMILES string of the molecule is CC(=O)Oc1ccc2ccc(OS(=O)(=O)F)cc2c1. The van der Waals surface area contributed by atoms with Crippen molar-refractivity contribution in [3.8, 4) is 11.5 Å². The summed E-state index contributed by atoms with van der Waals surface area (Å²) in [5, 5.41) is 1.32. The Hall–Kier alpha value is -2.15. The molecule has 0 amide bonds. The maximum absolute atomic E-state index is 12.4. The number of hydrogen-bond acceptors (Lipinski definition) is 5. The minimum atomic E-state index is -5.06. The van der Waals surface area contributed by atoms with Gasteiger partial charge >= 0.3 is 16.5 Å². The van der Waals surface area contributed by atoms with Crippen LogP contribution in [-0.4, -0.2) is 14.4 Å². The highest BCUT2D eigenvalue weighted by atomic mass is 32.3. The molecule has 19 heavy (non-hydrogen) atoms. The molecule has 0 bridgehead atoms. The summed E-state index contributed by atoms with van der Waals surface area (Å²) >= 11 is 0. The van der Waals surface area contributed by atoms with Gasteiger partial charge in [-0.15, -0.1) is 0 Å². The Balaban J connectivity index is 2.42. The molecule has 0 heterocycles. The van der Waals surface area contributed by atoms with Crippen molar-refractivity contribution in [2.75, 3.05) is 0 Å². The number of halogens is 1. The summed E-state index contributed by atoms with van der Waals surface area (Å²) in [6.45, 7) is 1.26. The summed E-state index contributed by atoms with van der Waals surface area (Å²) in [6.07, 6.45) is 0. The normalized spacial score (nSPS) is 11.3. The zero-order valence-corrected chi connectivity index (χ0v) is 10.6. The van der Waals surface area contributed by atoms with Crippen LogP contribution in [0.15, 0.2) is 36.4 Å². The molecule has 2 aromatic rings. The monoisotopic (exact) mass is 284 g/mol. The third-order valence-electron chi connectivity index (χ3n) is 2.24. The second-order valence-corrected chi connectivity index (χ2v) is 4.69. The number of ether oxygens (including phenoxy) is 1. The van der Waals surface area contributed by atoms with E-state index < -0.39 is 16.5 Å². The lowest BCUT2D eigenvalue weighted by Gasteiger charge is -2.05. The van der Waals surface area contributed by atoms with Gasteiger partial charge in [-0.3, -0.25) is 4.79 Å². The van der Waals surface area contributed by atoms with Crippen LogP contribution in [0.3, 0.4) is 0 Å². The van der Waals surface area contributed by atoms with E-state index in [1.54, 1.807) is 18.2 Å². The van der Waals surface area contributed by atoms with E-state index in [4.69, 9.17) is 4.74 Å². The summed E-state index contributed by atoms with van der Waals surface area (Å²) in [5.41, 5.74) is 0. The Labute approximate surface area is 109 Å². The fourth-order valence-corrected chi connectivity index (χ4v) is 1.93. The van der Waals surface area contributed by atoms with E-state index in [9.17, 15) is 17.1 Å². The predicted molar refractivity (Wildman–Crippen MR) is 65.9 cm³/mol. The fourth-order valence-electron chi connectivity index (χ4n) is 1.60. The third kappa shape index (κ3) is 3.65. The van der Waals surface area contributed by atoms with Crippen LogP contribution >= 0.6 is 0 Å². The second-order valence-electron chi connectivity index (χ2n) is 3.74. The first-order chi connectivity index (χ1) is 8.83. The average Bonchev–Trinajstić information content (AvgIpc) is 2.25. The molecule has 100 valence electrons. The van der Waals surface area contributed by atoms with Crippen LogP contribution in [0.2, 0.25) is 0 Å². The molecule has 0 aliphatic rings. The zero-order chi connectivity index (χ0) is 14.0. The minimum Gasteiger partial charge on any atom is -0.427 e. The molecule has 2 rings (SSSR count). The lowest BCUT2D eigenvalue weighted by molar-refractivity contribution is -0.131. The van der Waals surface area contributed by atoms with Crippen molar-refractivity contribution in [1.82, 2.24) is 0 Å². The standard InChI is InChI=1S/C12H9FO5S/c1-8(14)17-11-4-2-9-3-5-12(7-10(9)6-11)18-19(13,15)16/h2-7H,1H3. The number of hydrogen-bond donors (Lipinski definition) is 0. The summed E-state index contributed by atoms with van der Waals surface area (Å²) < 4.78 is 42.2. The molecule has 0 aliphatic heterocycles. The molecule has 0 atom stereocenters. The third-order valence-corrected chi connectivity index (χ3v) is 2.63. The van der Waals surface area contributed by atoms with Crippen molar-refractivity contribution in [2.45, 2.75) is 6.92 Å². The van der Waals surface area contributed by atoms with Crippen LogP contribution in [-0.2, 0) is 15.3 Å². The van der Waals surface area contributed by atoms with Gasteiger partial charge in [0.05, 0.1) is 0 Å². The molecule has 0 fully saturated rings. The van der Waals surface area contributed by atoms with E-state index in [-0.39, 0.29) is 5.75 Å². The highest BCUT2D eigenvalue weighted by Gasteiger charge is 2.10. The van der Waals surface area contributed by atoms with Gasteiger partial charge in [0.1, 0.15) is 11.5 Å². The quantitative estimate of drug-likeness (QED) is 0.491. The molecular formula is C12H9FO5S. The van der Waals surface area contributed by atoms with E-state index in [0.29, 0.717) is 11.1 Å². The van der Waals surface area contributed by atoms with E-state index >= 15 is 0 Å². The number of benzene rings is 2. The molecule has 0 N–H and O–H groups in total. The van der Waals surface area contributed by atoms with Gasteiger partial charge < -0.3 is 8.92 Å². The maximum Gasteiger partial charge on any atom is 0.488 e. The van der Waals surface area contributed by atoms with Gasteiger partial charge in [-0.25, -0.2) is 0 Å². The minimum absolute atomic E-state index is 0.157. The van der Waals surface area contributed by atoms with Crippen molar-refractivity contribution in [3.05, 3.63) is 36.4 Å². The van der Waals surface area contributed by atoms with Crippen LogP contribution in [0, 0.1) is 0 Å². The molecular weight excluding hydrogens is 275 g/mol. The average molecular weight is 284 g/mol. The van der Waals surface area contributed by atoms with E-state index in [1.807, 2.05) is 0 Å². The van der Waals surface area contributed by atoms with Crippen LogP contribution in [0.1, 0.15) is 6.92 Å². The van der Waals surface area contributed by atoms with Gasteiger partial charge in [0.2, 0.25) is 0 Å². The molecule has 7 heteroatoms. The molecule has 2 aromatic carbocycles. The van der Waals surface area contributed by atoms with Crippen LogP contribution in [0.5, 0.6) is 11.5 Å². The van der Waals surface area contributed by atoms with Gasteiger partial charge in [-0.05, 0) is 35.0 Å². The Morgan fingerprint density at radius 2 is 1.63 bits per heavy atom. The van der Waals surface area contributed by atoms with Crippen LogP contribution in [0.4, 0.5) is 3.89 Å². The van der Waals surface area contributed by atoms with Crippen LogP contribution in [0.25, 0.3) is 10.8 Å². The molecule has 0 spiro atoms. The van der Waals surface area contributed by atoms with Crippen molar-refractivity contribution in [2.24, 2.45) is 0 Å². The predicted octanol–water partition coefficient (Wildman–Crippen LogP) is 2.36. The summed E-state index contributed by atoms with van der Waals surface area (Å²) in [7, 11) is -5.06. The van der Waals surface area contributed by atoms with Gasteiger partial charge in [0.25, 0.3) is 0 Å². The fraction of sp³-hybridized carbons (Fsp3) is 0.0833. The Morgan fingerprint density at radius 3 is 2.21 bits per heavy atom. The summed E-state index contributed by atoms with van der Waals surface area (Å²) in [6, 6.07) is 9.02. The molecule has 0 saturated heterocycles. The molecule has 0 aromatic heterocycles. The number of fused-ring (bicyclic) bond motifs is 1. The smallest absolute Gasteiger partial charge is 0.427 e.